The van der Waals surface area contributed by atoms with Gasteiger partial charge in [-0.1, -0.05) is 78.9 Å². The van der Waals surface area contributed by atoms with Crippen LogP contribution >= 0.6 is 0 Å². The summed E-state index contributed by atoms with van der Waals surface area (Å²) < 4.78 is 0. The van der Waals surface area contributed by atoms with Crippen LogP contribution in [0.3, 0.4) is 0 Å². The summed E-state index contributed by atoms with van der Waals surface area (Å²) in [5.74, 6) is -0.130. The van der Waals surface area contributed by atoms with Crippen LogP contribution in [0.25, 0.3) is 16.8 Å². The second-order valence-electron chi connectivity index (χ2n) is 5.44. The molecule has 0 bridgehead atoms. The molecule has 0 saturated carbocycles. The minimum Gasteiger partial charge on any atom is -0.273 e. The molecule has 3 nitrogen and oxygen atoms in total. The van der Waals surface area contributed by atoms with Gasteiger partial charge in [-0.05, 0) is 28.0 Å². The number of nitrogens with zero attached hydrogens (tertiary/aromatic N) is 1. The van der Waals surface area contributed by atoms with Crippen LogP contribution in [-0.2, 0) is 11.2 Å². The van der Waals surface area contributed by atoms with Gasteiger partial charge < -0.3 is 0 Å². The predicted octanol–water partition coefficient (Wildman–Crippen LogP) is 4.20. The number of hydrazone groups is 1. The molecule has 3 aromatic carbocycles. The highest BCUT2D eigenvalue weighted by Crippen LogP contribution is 2.15. The van der Waals surface area contributed by atoms with Crippen LogP contribution in [0, 0.1) is 0 Å². The number of carbonyl (C=O) groups excluding carboxylic acids is 1. The number of allylic oxidation sites excluding steroid dienone is 1. The molecule has 0 spiro atoms. The van der Waals surface area contributed by atoms with Crippen LogP contribution in [0.1, 0.15) is 11.1 Å². The fourth-order valence-electron chi connectivity index (χ4n) is 2.44. The summed E-state index contributed by atoms with van der Waals surface area (Å²) in [6.07, 6.45) is 5.61. The highest BCUT2D eigenvalue weighted by atomic mass is 16.2. The lowest BCUT2D eigenvalue weighted by molar-refractivity contribution is -0.120. The topological polar surface area (TPSA) is 41.5 Å². The Kier molecular flexibility index (Phi) is 5.15. The first-order chi connectivity index (χ1) is 11.8. The van der Waals surface area contributed by atoms with Gasteiger partial charge in [-0.15, -0.1) is 0 Å². The highest BCUT2D eigenvalue weighted by molar-refractivity contribution is 5.86. The van der Waals surface area contributed by atoms with E-state index in [4.69, 9.17) is 0 Å². The molecule has 0 aromatic heterocycles. The monoisotopic (exact) mass is 314 g/mol. The standard InChI is InChI=1S/C21H18N2O/c24-21(23-22-14-6-9-17-7-2-1-3-8-17)16-18-12-13-19-10-4-5-11-20(19)15-18/h1-15H,16H2,(H,23,24)/b9-6+,22-14+. The van der Waals surface area contributed by atoms with Gasteiger partial charge in [0, 0.05) is 6.21 Å². The van der Waals surface area contributed by atoms with Crippen LogP contribution in [0.15, 0.2) is 84.0 Å². The number of benzene rings is 3. The van der Waals surface area contributed by atoms with E-state index in [1.54, 1.807) is 12.3 Å². The number of fused-ring (bicyclic) bond motifs is 1. The van der Waals surface area contributed by atoms with Gasteiger partial charge in [-0.3, -0.25) is 4.79 Å². The van der Waals surface area contributed by atoms with Crippen molar-refractivity contribution in [3.63, 3.8) is 0 Å². The summed E-state index contributed by atoms with van der Waals surface area (Å²) >= 11 is 0. The van der Waals surface area contributed by atoms with Crippen molar-refractivity contribution in [3.8, 4) is 0 Å². The van der Waals surface area contributed by atoms with Crippen LogP contribution in [0.4, 0.5) is 0 Å². The number of hydrogen-bond acceptors (Lipinski definition) is 2. The molecule has 0 atom stereocenters. The fraction of sp³-hybridized carbons (Fsp3) is 0.0476. The summed E-state index contributed by atoms with van der Waals surface area (Å²) in [5, 5.41) is 6.24. The first-order valence-corrected chi connectivity index (χ1v) is 7.82. The Hall–Kier alpha value is -3.20. The average molecular weight is 314 g/mol. The van der Waals surface area contributed by atoms with Gasteiger partial charge in [0.1, 0.15) is 0 Å². The first kappa shape index (κ1) is 15.7. The summed E-state index contributed by atoms with van der Waals surface area (Å²) in [4.78, 5) is 11.9. The summed E-state index contributed by atoms with van der Waals surface area (Å²) in [5.41, 5.74) is 4.61. The maximum Gasteiger partial charge on any atom is 0.244 e. The van der Waals surface area contributed by atoms with Gasteiger partial charge in [0.25, 0.3) is 0 Å². The van der Waals surface area contributed by atoms with Crippen LogP contribution in [0.2, 0.25) is 0 Å². The Labute approximate surface area is 141 Å². The molecule has 1 amide bonds. The second-order valence-corrected chi connectivity index (χ2v) is 5.44. The number of hydrogen-bond donors (Lipinski definition) is 1. The normalized spacial score (nSPS) is 11.3. The molecule has 24 heavy (non-hydrogen) atoms. The number of carbonyl (C=O) groups is 1. The maximum atomic E-state index is 11.9. The average Bonchev–Trinajstić information content (AvgIpc) is 2.62. The van der Waals surface area contributed by atoms with E-state index < -0.39 is 0 Å². The molecule has 3 aromatic rings. The lowest BCUT2D eigenvalue weighted by Gasteiger charge is -2.03. The Bertz CT molecular complexity index is 882. The van der Waals surface area contributed by atoms with Crippen molar-refractivity contribution in [1.29, 1.82) is 0 Å². The van der Waals surface area contributed by atoms with E-state index in [9.17, 15) is 4.79 Å². The molecule has 0 unspecified atom stereocenters. The molecule has 0 heterocycles. The van der Waals surface area contributed by atoms with Gasteiger partial charge in [0.15, 0.2) is 0 Å². The number of amides is 1. The zero-order chi connectivity index (χ0) is 16.6. The molecular weight excluding hydrogens is 296 g/mol. The van der Waals surface area contributed by atoms with Gasteiger partial charge in [0.2, 0.25) is 5.91 Å². The molecule has 3 rings (SSSR count). The van der Waals surface area contributed by atoms with E-state index in [1.807, 2.05) is 72.8 Å². The SMILES string of the molecule is O=C(Cc1ccc2ccccc2c1)N/N=C/C=C/c1ccccc1. The zero-order valence-corrected chi connectivity index (χ0v) is 13.2. The molecule has 118 valence electrons. The van der Waals surface area contributed by atoms with Crippen molar-refractivity contribution in [3.05, 3.63) is 90.0 Å². The maximum absolute atomic E-state index is 11.9. The smallest absolute Gasteiger partial charge is 0.244 e. The van der Waals surface area contributed by atoms with Crippen LogP contribution in [-0.4, -0.2) is 12.1 Å². The molecule has 1 N–H and O–H groups in total. The van der Waals surface area contributed by atoms with Gasteiger partial charge in [-0.25, -0.2) is 5.43 Å². The number of nitrogens with one attached hydrogen (secondary N) is 1. The summed E-state index contributed by atoms with van der Waals surface area (Å²) in [7, 11) is 0. The minimum absolute atomic E-state index is 0.130. The van der Waals surface area contributed by atoms with Crippen molar-refractivity contribution in [2.45, 2.75) is 6.42 Å². The highest BCUT2D eigenvalue weighted by Gasteiger charge is 2.02. The van der Waals surface area contributed by atoms with Crippen molar-refractivity contribution in [2.24, 2.45) is 5.10 Å². The van der Waals surface area contributed by atoms with Gasteiger partial charge in [-0.2, -0.15) is 5.10 Å². The predicted molar refractivity (Wildman–Crippen MR) is 99.8 cm³/mol. The Morgan fingerprint density at radius 1 is 0.917 bits per heavy atom. The molecule has 0 aliphatic heterocycles. The molecule has 3 heteroatoms. The summed E-state index contributed by atoms with van der Waals surface area (Å²) in [6, 6.07) is 24.1. The van der Waals surface area contributed by atoms with E-state index in [2.05, 4.69) is 16.6 Å². The van der Waals surface area contributed by atoms with Gasteiger partial charge in [0.05, 0.1) is 6.42 Å². The van der Waals surface area contributed by atoms with E-state index in [-0.39, 0.29) is 5.91 Å². The molecule has 0 aliphatic rings. The quantitative estimate of drug-likeness (QED) is 0.556. The largest absolute Gasteiger partial charge is 0.273 e. The third-order valence-corrected chi connectivity index (χ3v) is 3.62. The van der Waals surface area contributed by atoms with Crippen molar-refractivity contribution < 1.29 is 4.79 Å². The van der Waals surface area contributed by atoms with E-state index >= 15 is 0 Å². The third kappa shape index (κ3) is 4.40. The van der Waals surface area contributed by atoms with E-state index in [1.165, 1.54) is 5.39 Å². The zero-order valence-electron chi connectivity index (χ0n) is 13.2. The molecule has 0 saturated heterocycles. The fourth-order valence-corrected chi connectivity index (χ4v) is 2.44. The lowest BCUT2D eigenvalue weighted by Crippen LogP contribution is -2.19. The Morgan fingerprint density at radius 2 is 1.67 bits per heavy atom. The van der Waals surface area contributed by atoms with Gasteiger partial charge >= 0.3 is 0 Å². The molecule has 0 fully saturated rings. The molecule has 0 radical (unpaired) electrons. The van der Waals surface area contributed by atoms with E-state index in [0.717, 1.165) is 16.5 Å². The summed E-state index contributed by atoms with van der Waals surface area (Å²) in [6.45, 7) is 0. The van der Waals surface area contributed by atoms with Crippen molar-refractivity contribution >= 4 is 29.0 Å². The molecular formula is C21H18N2O. The van der Waals surface area contributed by atoms with Crippen LogP contribution in [0.5, 0.6) is 0 Å². The Morgan fingerprint density at radius 3 is 2.50 bits per heavy atom. The van der Waals surface area contributed by atoms with Crippen molar-refractivity contribution in [2.75, 3.05) is 0 Å². The Balaban J connectivity index is 1.53. The van der Waals surface area contributed by atoms with Crippen LogP contribution < -0.4 is 5.43 Å². The second kappa shape index (κ2) is 7.88. The minimum atomic E-state index is -0.130. The number of rotatable bonds is 5. The first-order valence-electron chi connectivity index (χ1n) is 7.82. The lowest BCUT2D eigenvalue weighted by atomic mass is 10.1. The molecule has 0 aliphatic carbocycles. The van der Waals surface area contributed by atoms with E-state index in [0.29, 0.717) is 6.42 Å². The van der Waals surface area contributed by atoms with Crippen molar-refractivity contribution in [1.82, 2.24) is 5.43 Å². The third-order valence-electron chi connectivity index (χ3n) is 3.62.